The standard InChI is InChI=1S/C7H8N2O2S/c8-7-9-5-3(6(10)11)1-2-4(5)12-7/h3H,1-2H2,(H2,8,9)(H,10,11)/t3-/m0/s1. The van der Waals surface area contributed by atoms with Crippen molar-refractivity contribution in [2.24, 2.45) is 0 Å². The average Bonchev–Trinajstić information content (AvgIpc) is 2.43. The molecule has 0 fully saturated rings. The summed E-state index contributed by atoms with van der Waals surface area (Å²) in [5, 5.41) is 9.27. The third-order valence-electron chi connectivity index (χ3n) is 2.03. The minimum atomic E-state index is -0.793. The van der Waals surface area contributed by atoms with Crippen molar-refractivity contribution < 1.29 is 9.90 Å². The first-order valence-corrected chi connectivity index (χ1v) is 4.48. The Labute approximate surface area is 73.0 Å². The molecular formula is C7H8N2O2S. The Bertz CT molecular complexity index is 334. The number of nitrogen functional groups attached to an aromatic ring is 1. The van der Waals surface area contributed by atoms with Crippen molar-refractivity contribution in [3.63, 3.8) is 0 Å². The van der Waals surface area contributed by atoms with Crippen molar-refractivity contribution in [2.45, 2.75) is 18.8 Å². The lowest BCUT2D eigenvalue weighted by Gasteiger charge is -1.99. The summed E-state index contributed by atoms with van der Waals surface area (Å²) < 4.78 is 0. The van der Waals surface area contributed by atoms with Crippen LogP contribution in [0.1, 0.15) is 22.9 Å². The van der Waals surface area contributed by atoms with Crippen LogP contribution in [0, 0.1) is 0 Å². The van der Waals surface area contributed by atoms with Crippen molar-refractivity contribution in [3.8, 4) is 0 Å². The Morgan fingerprint density at radius 2 is 2.50 bits per heavy atom. The molecule has 0 unspecified atom stereocenters. The highest BCUT2D eigenvalue weighted by Gasteiger charge is 2.31. The molecule has 1 aromatic heterocycles. The number of thiazole rings is 1. The summed E-state index contributed by atoms with van der Waals surface area (Å²) in [7, 11) is 0. The number of nitrogens with zero attached hydrogens (tertiary/aromatic N) is 1. The lowest BCUT2D eigenvalue weighted by Crippen LogP contribution is -2.08. The van der Waals surface area contributed by atoms with Gasteiger partial charge in [-0.1, -0.05) is 0 Å². The topological polar surface area (TPSA) is 76.2 Å². The number of fused-ring (bicyclic) bond motifs is 1. The second-order valence-electron chi connectivity index (χ2n) is 2.79. The summed E-state index contributed by atoms with van der Waals surface area (Å²) >= 11 is 1.40. The molecule has 0 bridgehead atoms. The van der Waals surface area contributed by atoms with Gasteiger partial charge in [0, 0.05) is 4.88 Å². The molecule has 0 amide bonds. The number of rotatable bonds is 1. The largest absolute Gasteiger partial charge is 0.481 e. The molecule has 0 aromatic carbocycles. The predicted molar refractivity (Wildman–Crippen MR) is 45.2 cm³/mol. The average molecular weight is 184 g/mol. The molecule has 0 saturated heterocycles. The molecule has 64 valence electrons. The van der Waals surface area contributed by atoms with Crippen LogP contribution in [0.15, 0.2) is 0 Å². The van der Waals surface area contributed by atoms with Gasteiger partial charge in [0.25, 0.3) is 0 Å². The zero-order valence-electron chi connectivity index (χ0n) is 6.28. The highest BCUT2D eigenvalue weighted by Crippen LogP contribution is 2.37. The fraction of sp³-hybridized carbons (Fsp3) is 0.429. The van der Waals surface area contributed by atoms with E-state index in [1.54, 1.807) is 0 Å². The van der Waals surface area contributed by atoms with Gasteiger partial charge in [0.15, 0.2) is 5.13 Å². The molecule has 0 radical (unpaired) electrons. The van der Waals surface area contributed by atoms with Crippen LogP contribution >= 0.6 is 11.3 Å². The van der Waals surface area contributed by atoms with E-state index in [0.717, 1.165) is 11.3 Å². The van der Waals surface area contributed by atoms with Crippen LogP contribution in [0.4, 0.5) is 5.13 Å². The normalized spacial score (nSPS) is 20.8. The summed E-state index contributed by atoms with van der Waals surface area (Å²) in [4.78, 5) is 15.7. The van der Waals surface area contributed by atoms with Gasteiger partial charge in [0.1, 0.15) is 5.92 Å². The first-order chi connectivity index (χ1) is 5.68. The smallest absolute Gasteiger partial charge is 0.312 e. The second-order valence-corrected chi connectivity index (χ2v) is 3.91. The molecule has 4 nitrogen and oxygen atoms in total. The quantitative estimate of drug-likeness (QED) is 0.678. The Morgan fingerprint density at radius 1 is 1.75 bits per heavy atom. The van der Waals surface area contributed by atoms with Gasteiger partial charge in [-0.05, 0) is 12.8 Å². The first kappa shape index (κ1) is 7.54. The summed E-state index contributed by atoms with van der Waals surface area (Å²) in [5.74, 6) is -1.22. The van der Waals surface area contributed by atoms with Crippen LogP contribution in [0.5, 0.6) is 0 Å². The second kappa shape index (κ2) is 2.45. The summed E-state index contributed by atoms with van der Waals surface area (Å²) in [5.41, 5.74) is 6.15. The SMILES string of the molecule is Nc1nc2c(s1)CC[C@@H]2C(=O)O. The van der Waals surface area contributed by atoms with Gasteiger partial charge in [-0.2, -0.15) is 0 Å². The minimum Gasteiger partial charge on any atom is -0.481 e. The number of aliphatic carboxylic acids is 1. The summed E-state index contributed by atoms with van der Waals surface area (Å²) in [6, 6.07) is 0. The minimum absolute atomic E-state index is 0.423. The Morgan fingerprint density at radius 3 is 3.17 bits per heavy atom. The Kier molecular flexibility index (Phi) is 1.54. The van der Waals surface area contributed by atoms with Crippen molar-refractivity contribution in [3.05, 3.63) is 10.6 Å². The van der Waals surface area contributed by atoms with Crippen molar-refractivity contribution in [1.82, 2.24) is 4.98 Å². The van der Waals surface area contributed by atoms with Crippen LogP contribution in [-0.4, -0.2) is 16.1 Å². The molecule has 1 aromatic rings. The van der Waals surface area contributed by atoms with E-state index in [4.69, 9.17) is 10.8 Å². The van der Waals surface area contributed by atoms with Gasteiger partial charge in [0.2, 0.25) is 0 Å². The molecular weight excluding hydrogens is 176 g/mol. The molecule has 0 saturated carbocycles. The lowest BCUT2D eigenvalue weighted by atomic mass is 10.1. The van der Waals surface area contributed by atoms with Crippen LogP contribution in [0.3, 0.4) is 0 Å². The van der Waals surface area contributed by atoms with Crippen LogP contribution < -0.4 is 5.73 Å². The maximum atomic E-state index is 10.7. The van der Waals surface area contributed by atoms with Gasteiger partial charge in [-0.25, -0.2) is 4.98 Å². The molecule has 1 aliphatic carbocycles. The van der Waals surface area contributed by atoms with E-state index in [0.29, 0.717) is 17.2 Å². The van der Waals surface area contributed by atoms with E-state index in [2.05, 4.69) is 4.98 Å². The fourth-order valence-corrected chi connectivity index (χ4v) is 2.40. The lowest BCUT2D eigenvalue weighted by molar-refractivity contribution is -0.138. The van der Waals surface area contributed by atoms with Gasteiger partial charge >= 0.3 is 5.97 Å². The van der Waals surface area contributed by atoms with E-state index in [1.165, 1.54) is 11.3 Å². The molecule has 12 heavy (non-hydrogen) atoms. The van der Waals surface area contributed by atoms with Gasteiger partial charge in [0.05, 0.1) is 5.69 Å². The third-order valence-corrected chi connectivity index (χ3v) is 2.99. The zero-order chi connectivity index (χ0) is 8.72. The van der Waals surface area contributed by atoms with E-state index in [1.807, 2.05) is 0 Å². The van der Waals surface area contributed by atoms with Crippen LogP contribution in [0.2, 0.25) is 0 Å². The number of aryl methyl sites for hydroxylation is 1. The summed E-state index contributed by atoms with van der Waals surface area (Å²) in [6.45, 7) is 0. The number of nitrogens with two attached hydrogens (primary N) is 1. The molecule has 5 heteroatoms. The molecule has 1 atom stereocenters. The predicted octanol–water partition coefficient (Wildman–Crippen LogP) is 0.840. The van der Waals surface area contributed by atoms with Crippen molar-refractivity contribution >= 4 is 22.4 Å². The Balaban J connectivity index is 2.41. The van der Waals surface area contributed by atoms with E-state index in [9.17, 15) is 4.79 Å². The molecule has 0 spiro atoms. The molecule has 1 heterocycles. The highest BCUT2D eigenvalue weighted by atomic mass is 32.1. The maximum absolute atomic E-state index is 10.7. The highest BCUT2D eigenvalue weighted by molar-refractivity contribution is 7.15. The number of carbonyl (C=O) groups is 1. The van der Waals surface area contributed by atoms with E-state index in [-0.39, 0.29) is 0 Å². The van der Waals surface area contributed by atoms with E-state index < -0.39 is 11.9 Å². The number of hydrogen-bond donors (Lipinski definition) is 2. The number of carboxylic acid groups (broad SMARTS) is 1. The maximum Gasteiger partial charge on any atom is 0.312 e. The first-order valence-electron chi connectivity index (χ1n) is 3.66. The molecule has 3 N–H and O–H groups in total. The van der Waals surface area contributed by atoms with Crippen molar-refractivity contribution in [2.75, 3.05) is 5.73 Å². The molecule has 2 rings (SSSR count). The van der Waals surface area contributed by atoms with Gasteiger partial charge < -0.3 is 10.8 Å². The molecule has 0 aliphatic heterocycles. The van der Waals surface area contributed by atoms with Crippen molar-refractivity contribution in [1.29, 1.82) is 0 Å². The summed E-state index contributed by atoms with van der Waals surface area (Å²) in [6.07, 6.45) is 1.48. The fourth-order valence-electron chi connectivity index (χ4n) is 1.49. The number of aromatic nitrogens is 1. The number of carboxylic acids is 1. The van der Waals surface area contributed by atoms with Crippen LogP contribution in [-0.2, 0) is 11.2 Å². The van der Waals surface area contributed by atoms with Crippen LogP contribution in [0.25, 0.3) is 0 Å². The van der Waals surface area contributed by atoms with Gasteiger partial charge in [-0.15, -0.1) is 11.3 Å². The number of hydrogen-bond acceptors (Lipinski definition) is 4. The van der Waals surface area contributed by atoms with E-state index >= 15 is 0 Å². The third kappa shape index (κ3) is 0.972. The zero-order valence-corrected chi connectivity index (χ0v) is 7.10. The molecule has 1 aliphatic rings. The Hall–Kier alpha value is -1.10. The number of anilines is 1. The monoisotopic (exact) mass is 184 g/mol. The van der Waals surface area contributed by atoms with Gasteiger partial charge in [-0.3, -0.25) is 4.79 Å².